The molecule has 0 aromatic heterocycles. The Hall–Kier alpha value is -1.26. The maximum atomic E-state index is 12.1. The first-order valence-corrected chi connectivity index (χ1v) is 8.18. The molecule has 1 fully saturated rings. The summed E-state index contributed by atoms with van der Waals surface area (Å²) in [6, 6.07) is 0.132. The molecule has 0 radical (unpaired) electrons. The number of hydrogen-bond acceptors (Lipinski definition) is 2. The number of piperidine rings is 1. The fraction of sp³-hybridized carbons (Fsp3) is 0.875. The number of carbonyl (C=O) groups is 2. The molecule has 1 atom stereocenters. The summed E-state index contributed by atoms with van der Waals surface area (Å²) in [5, 5.41) is 12.2. The van der Waals surface area contributed by atoms with Gasteiger partial charge in [0.25, 0.3) is 0 Å². The quantitative estimate of drug-likeness (QED) is 0.709. The minimum atomic E-state index is -0.758. The lowest BCUT2D eigenvalue weighted by molar-refractivity contribution is -0.150. The number of hydrogen-bond donors (Lipinski definition) is 2. The molecular weight excluding hydrogens is 268 g/mol. The first kappa shape index (κ1) is 17.8. The number of carboxylic acid groups (broad SMARTS) is 1. The van der Waals surface area contributed by atoms with Gasteiger partial charge >= 0.3 is 12.0 Å². The SMILES string of the molecule is CCCCCCC(C)NC(=O)N1CCC(C)(C(=O)O)CC1. The molecule has 1 unspecified atom stereocenters. The molecule has 1 rings (SSSR count). The zero-order chi connectivity index (χ0) is 15.9. The Morgan fingerprint density at radius 2 is 1.86 bits per heavy atom. The predicted molar refractivity (Wildman–Crippen MR) is 83.3 cm³/mol. The number of carbonyl (C=O) groups excluding carboxylic acids is 1. The molecule has 5 heteroatoms. The summed E-state index contributed by atoms with van der Waals surface area (Å²) in [5.74, 6) is -0.758. The minimum absolute atomic E-state index is 0.0505. The molecule has 2 amide bonds. The van der Waals surface area contributed by atoms with Gasteiger partial charge in [0.05, 0.1) is 5.41 Å². The number of rotatable bonds is 7. The van der Waals surface area contributed by atoms with Gasteiger partial charge in [-0.2, -0.15) is 0 Å². The first-order valence-electron chi connectivity index (χ1n) is 8.18. The van der Waals surface area contributed by atoms with Crippen molar-refractivity contribution in [2.45, 2.75) is 71.8 Å². The molecule has 1 aliphatic heterocycles. The van der Waals surface area contributed by atoms with Crippen LogP contribution in [0, 0.1) is 5.41 Å². The Morgan fingerprint density at radius 1 is 1.24 bits per heavy atom. The predicted octanol–water partition coefficient (Wildman–Crippen LogP) is 3.24. The van der Waals surface area contributed by atoms with Crippen molar-refractivity contribution in [1.82, 2.24) is 10.2 Å². The van der Waals surface area contributed by atoms with Crippen molar-refractivity contribution in [2.24, 2.45) is 5.41 Å². The normalized spacial score (nSPS) is 19.1. The average Bonchev–Trinajstić information content (AvgIpc) is 2.44. The summed E-state index contributed by atoms with van der Waals surface area (Å²) in [5.41, 5.74) is -0.678. The summed E-state index contributed by atoms with van der Waals surface area (Å²) >= 11 is 0. The molecular formula is C16H30N2O3. The van der Waals surface area contributed by atoms with E-state index in [1.54, 1.807) is 11.8 Å². The van der Waals surface area contributed by atoms with Gasteiger partial charge < -0.3 is 15.3 Å². The van der Waals surface area contributed by atoms with Crippen LogP contribution >= 0.6 is 0 Å². The van der Waals surface area contributed by atoms with Gasteiger partial charge in [-0.15, -0.1) is 0 Å². The number of amides is 2. The Labute approximate surface area is 128 Å². The van der Waals surface area contributed by atoms with Crippen molar-refractivity contribution in [1.29, 1.82) is 0 Å². The molecule has 21 heavy (non-hydrogen) atoms. The maximum absolute atomic E-state index is 12.1. The second-order valence-corrected chi connectivity index (χ2v) is 6.55. The van der Waals surface area contributed by atoms with E-state index in [1.807, 2.05) is 6.92 Å². The average molecular weight is 298 g/mol. The molecule has 5 nitrogen and oxygen atoms in total. The van der Waals surface area contributed by atoms with E-state index < -0.39 is 11.4 Å². The van der Waals surface area contributed by atoms with Crippen LogP contribution in [-0.4, -0.2) is 41.1 Å². The van der Waals surface area contributed by atoms with E-state index in [4.69, 9.17) is 0 Å². The summed E-state index contributed by atoms with van der Waals surface area (Å²) in [6.07, 6.45) is 6.90. The molecule has 0 spiro atoms. The number of likely N-dealkylation sites (tertiary alicyclic amines) is 1. The Balaban J connectivity index is 2.29. The van der Waals surface area contributed by atoms with Crippen molar-refractivity contribution in [3.63, 3.8) is 0 Å². The van der Waals surface area contributed by atoms with Gasteiger partial charge in [0.2, 0.25) is 0 Å². The van der Waals surface area contributed by atoms with Crippen LogP contribution in [0.4, 0.5) is 4.79 Å². The smallest absolute Gasteiger partial charge is 0.317 e. The number of nitrogens with zero attached hydrogens (tertiary/aromatic N) is 1. The zero-order valence-electron chi connectivity index (χ0n) is 13.7. The summed E-state index contributed by atoms with van der Waals surface area (Å²) < 4.78 is 0. The number of aliphatic carboxylic acids is 1. The molecule has 1 heterocycles. The van der Waals surface area contributed by atoms with Gasteiger partial charge in [0, 0.05) is 19.1 Å². The molecule has 0 aliphatic carbocycles. The topological polar surface area (TPSA) is 69.6 Å². The summed E-state index contributed by atoms with van der Waals surface area (Å²) in [4.78, 5) is 25.1. The van der Waals surface area contributed by atoms with E-state index in [-0.39, 0.29) is 12.1 Å². The standard InChI is InChI=1S/C16H30N2O3/c1-4-5-6-7-8-13(2)17-15(21)18-11-9-16(3,10-12-18)14(19)20/h13H,4-12H2,1-3H3,(H,17,21)(H,19,20). The van der Waals surface area contributed by atoms with E-state index in [1.165, 1.54) is 19.3 Å². The van der Waals surface area contributed by atoms with Crippen molar-refractivity contribution in [2.75, 3.05) is 13.1 Å². The second kappa shape index (κ2) is 8.25. The van der Waals surface area contributed by atoms with Gasteiger partial charge in [0.15, 0.2) is 0 Å². The van der Waals surface area contributed by atoms with Crippen LogP contribution in [0.5, 0.6) is 0 Å². The van der Waals surface area contributed by atoms with Crippen LogP contribution in [0.2, 0.25) is 0 Å². The highest BCUT2D eigenvalue weighted by Crippen LogP contribution is 2.30. The van der Waals surface area contributed by atoms with E-state index in [0.717, 1.165) is 12.8 Å². The highest BCUT2D eigenvalue weighted by molar-refractivity contribution is 5.77. The lowest BCUT2D eigenvalue weighted by atomic mass is 9.80. The zero-order valence-corrected chi connectivity index (χ0v) is 13.7. The van der Waals surface area contributed by atoms with Gasteiger partial charge in [0.1, 0.15) is 0 Å². The van der Waals surface area contributed by atoms with E-state index >= 15 is 0 Å². The molecule has 0 aromatic carbocycles. The van der Waals surface area contributed by atoms with Crippen LogP contribution in [0.3, 0.4) is 0 Å². The number of nitrogens with one attached hydrogen (secondary N) is 1. The van der Waals surface area contributed by atoms with Gasteiger partial charge in [-0.3, -0.25) is 4.79 Å². The van der Waals surface area contributed by atoms with Gasteiger partial charge in [-0.1, -0.05) is 32.6 Å². The molecule has 0 bridgehead atoms. The molecule has 122 valence electrons. The number of carboxylic acids is 1. The third-order valence-electron chi connectivity index (χ3n) is 4.53. The van der Waals surface area contributed by atoms with Gasteiger partial charge in [-0.25, -0.2) is 4.79 Å². The molecule has 0 aromatic rings. The lowest BCUT2D eigenvalue weighted by Gasteiger charge is -2.36. The second-order valence-electron chi connectivity index (χ2n) is 6.55. The molecule has 2 N–H and O–H groups in total. The summed E-state index contributed by atoms with van der Waals surface area (Å²) in [7, 11) is 0. The molecule has 1 aliphatic rings. The van der Waals surface area contributed by atoms with E-state index in [9.17, 15) is 14.7 Å². The highest BCUT2D eigenvalue weighted by Gasteiger charge is 2.38. The Morgan fingerprint density at radius 3 is 2.38 bits per heavy atom. The largest absolute Gasteiger partial charge is 0.481 e. The van der Waals surface area contributed by atoms with Crippen LogP contribution in [-0.2, 0) is 4.79 Å². The van der Waals surface area contributed by atoms with Crippen molar-refractivity contribution in [3.8, 4) is 0 Å². The molecule has 1 saturated heterocycles. The summed E-state index contributed by atoms with van der Waals surface area (Å²) in [6.45, 7) is 7.04. The van der Waals surface area contributed by atoms with Crippen molar-refractivity contribution < 1.29 is 14.7 Å². The Kier molecular flexibility index (Phi) is 6.99. The minimum Gasteiger partial charge on any atom is -0.481 e. The van der Waals surface area contributed by atoms with E-state index in [2.05, 4.69) is 12.2 Å². The van der Waals surface area contributed by atoms with Crippen LogP contribution < -0.4 is 5.32 Å². The highest BCUT2D eigenvalue weighted by atomic mass is 16.4. The first-order chi connectivity index (χ1) is 9.89. The third-order valence-corrected chi connectivity index (χ3v) is 4.53. The van der Waals surface area contributed by atoms with Crippen LogP contribution in [0.15, 0.2) is 0 Å². The monoisotopic (exact) mass is 298 g/mol. The third kappa shape index (κ3) is 5.56. The van der Waals surface area contributed by atoms with Crippen molar-refractivity contribution >= 4 is 12.0 Å². The maximum Gasteiger partial charge on any atom is 0.317 e. The van der Waals surface area contributed by atoms with Gasteiger partial charge in [-0.05, 0) is 33.1 Å². The molecule has 0 saturated carbocycles. The van der Waals surface area contributed by atoms with Crippen LogP contribution in [0.1, 0.15) is 65.7 Å². The fourth-order valence-corrected chi connectivity index (χ4v) is 2.67. The van der Waals surface area contributed by atoms with Crippen molar-refractivity contribution in [3.05, 3.63) is 0 Å². The van der Waals surface area contributed by atoms with E-state index in [0.29, 0.717) is 25.9 Å². The van der Waals surface area contributed by atoms with Crippen LogP contribution in [0.25, 0.3) is 0 Å². The number of urea groups is 1. The Bertz CT molecular complexity index is 349. The lowest BCUT2D eigenvalue weighted by Crippen LogP contribution is -2.50. The fourth-order valence-electron chi connectivity index (χ4n) is 2.67. The number of unbranched alkanes of at least 4 members (excludes halogenated alkanes) is 3.